The van der Waals surface area contributed by atoms with Gasteiger partial charge in [-0.15, -0.1) is 6.58 Å². The highest BCUT2D eigenvalue weighted by atomic mass is 32.2. The molecule has 76 valence electrons. The molecule has 1 N–H and O–H groups in total. The summed E-state index contributed by atoms with van der Waals surface area (Å²) in [6, 6.07) is 9.10. The molecule has 0 bridgehead atoms. The lowest BCUT2D eigenvalue weighted by molar-refractivity contribution is 0.137. The van der Waals surface area contributed by atoms with Crippen molar-refractivity contribution in [3.8, 4) is 0 Å². The van der Waals surface area contributed by atoms with E-state index in [-0.39, 0.29) is 5.75 Å². The number of hydrogen-bond acceptors (Lipinski definition) is 2. The molecule has 14 heavy (non-hydrogen) atoms. The van der Waals surface area contributed by atoms with Crippen LogP contribution in [0.1, 0.15) is 6.92 Å². The van der Waals surface area contributed by atoms with Crippen molar-refractivity contribution in [2.24, 2.45) is 0 Å². The maximum absolute atomic E-state index is 11.7. The highest BCUT2D eigenvalue weighted by molar-refractivity contribution is 7.85. The molecule has 0 saturated heterocycles. The summed E-state index contributed by atoms with van der Waals surface area (Å²) in [4.78, 5) is 0.731. The lowest BCUT2D eigenvalue weighted by Crippen LogP contribution is -2.28. The van der Waals surface area contributed by atoms with Crippen LogP contribution in [0, 0.1) is 0 Å². The molecule has 0 fully saturated rings. The summed E-state index contributed by atoms with van der Waals surface area (Å²) in [6.07, 6.45) is 1.41. The first-order chi connectivity index (χ1) is 6.55. The molecule has 0 aliphatic carbocycles. The van der Waals surface area contributed by atoms with Crippen molar-refractivity contribution in [1.29, 1.82) is 0 Å². The van der Waals surface area contributed by atoms with Gasteiger partial charge in [0.1, 0.15) is 0 Å². The van der Waals surface area contributed by atoms with E-state index in [2.05, 4.69) is 6.58 Å². The van der Waals surface area contributed by atoms with Crippen molar-refractivity contribution in [3.05, 3.63) is 43.0 Å². The van der Waals surface area contributed by atoms with Crippen LogP contribution in [0.25, 0.3) is 0 Å². The van der Waals surface area contributed by atoms with Gasteiger partial charge in [0.2, 0.25) is 0 Å². The topological polar surface area (TPSA) is 37.3 Å². The first kappa shape index (κ1) is 11.1. The minimum Gasteiger partial charge on any atom is -0.385 e. The molecular weight excluding hydrogens is 196 g/mol. The van der Waals surface area contributed by atoms with E-state index in [4.69, 9.17) is 0 Å². The molecule has 1 rings (SSSR count). The second-order valence-corrected chi connectivity index (χ2v) is 4.82. The fourth-order valence-electron chi connectivity index (χ4n) is 0.980. The Bertz CT molecular complexity index is 330. The lowest BCUT2D eigenvalue weighted by atomic mass is 10.1. The van der Waals surface area contributed by atoms with Gasteiger partial charge in [0.05, 0.1) is 22.2 Å². The van der Waals surface area contributed by atoms with E-state index in [9.17, 15) is 9.32 Å². The predicted octanol–water partition coefficient (Wildman–Crippen LogP) is 1.73. The summed E-state index contributed by atoms with van der Waals surface area (Å²) in [5.41, 5.74) is -1.07. The van der Waals surface area contributed by atoms with Gasteiger partial charge in [-0.05, 0) is 19.1 Å². The van der Waals surface area contributed by atoms with Gasteiger partial charge >= 0.3 is 0 Å². The monoisotopic (exact) mass is 210 g/mol. The third-order valence-electron chi connectivity index (χ3n) is 1.87. The van der Waals surface area contributed by atoms with Gasteiger partial charge < -0.3 is 5.11 Å². The number of hydrogen-bond donors (Lipinski definition) is 1. The Labute approximate surface area is 86.7 Å². The van der Waals surface area contributed by atoms with Crippen LogP contribution in [-0.4, -0.2) is 20.7 Å². The maximum Gasteiger partial charge on any atom is 0.0915 e. The first-order valence-corrected chi connectivity index (χ1v) is 5.66. The second-order valence-electron chi connectivity index (χ2n) is 3.36. The number of aliphatic hydroxyl groups is 1. The van der Waals surface area contributed by atoms with Gasteiger partial charge in [-0.3, -0.25) is 4.21 Å². The standard InChI is InChI=1S/C11H14O2S/c1-3-11(2,12)9-14(13)10-7-5-4-6-8-10/h3-8,12H,1,9H2,2H3. The number of benzene rings is 1. The van der Waals surface area contributed by atoms with Crippen LogP contribution in [-0.2, 0) is 10.8 Å². The van der Waals surface area contributed by atoms with Gasteiger partial charge in [-0.1, -0.05) is 24.3 Å². The molecule has 1 aromatic rings. The van der Waals surface area contributed by atoms with E-state index >= 15 is 0 Å². The molecule has 2 atom stereocenters. The van der Waals surface area contributed by atoms with Crippen LogP contribution >= 0.6 is 0 Å². The molecule has 0 heterocycles. The maximum atomic E-state index is 11.7. The molecule has 2 nitrogen and oxygen atoms in total. The van der Waals surface area contributed by atoms with Crippen molar-refractivity contribution < 1.29 is 9.32 Å². The highest BCUT2D eigenvalue weighted by Gasteiger charge is 2.19. The van der Waals surface area contributed by atoms with Gasteiger partial charge in [-0.25, -0.2) is 0 Å². The molecule has 0 aliphatic rings. The fraction of sp³-hybridized carbons (Fsp3) is 0.273. The average Bonchev–Trinajstić information content (AvgIpc) is 2.19. The molecule has 3 heteroatoms. The molecule has 1 aromatic carbocycles. The predicted molar refractivity (Wildman–Crippen MR) is 58.5 cm³/mol. The van der Waals surface area contributed by atoms with Crippen LogP contribution < -0.4 is 0 Å². The zero-order valence-corrected chi connectivity index (χ0v) is 8.96. The quantitative estimate of drug-likeness (QED) is 0.768. The minimum atomic E-state index is -1.17. The normalized spacial score (nSPS) is 17.0. The SMILES string of the molecule is C=CC(C)(O)CS(=O)c1ccccc1. The molecule has 0 aliphatic heterocycles. The van der Waals surface area contributed by atoms with Crippen molar-refractivity contribution in [3.63, 3.8) is 0 Å². The van der Waals surface area contributed by atoms with E-state index in [1.54, 1.807) is 19.1 Å². The van der Waals surface area contributed by atoms with Crippen LogP contribution in [0.15, 0.2) is 47.9 Å². The van der Waals surface area contributed by atoms with Crippen molar-refractivity contribution in [2.45, 2.75) is 17.4 Å². The summed E-state index contributed by atoms with van der Waals surface area (Å²) in [5.74, 6) is 0.181. The van der Waals surface area contributed by atoms with Gasteiger partial charge in [0.15, 0.2) is 0 Å². The van der Waals surface area contributed by atoms with Crippen molar-refractivity contribution in [2.75, 3.05) is 5.75 Å². The molecule has 0 aromatic heterocycles. The highest BCUT2D eigenvalue weighted by Crippen LogP contribution is 2.13. The molecular formula is C11H14O2S. The van der Waals surface area contributed by atoms with Crippen molar-refractivity contribution in [1.82, 2.24) is 0 Å². The summed E-state index contributed by atoms with van der Waals surface area (Å²) in [6.45, 7) is 5.09. The Morgan fingerprint density at radius 1 is 1.50 bits per heavy atom. The largest absolute Gasteiger partial charge is 0.385 e. The fourth-order valence-corrected chi connectivity index (χ4v) is 2.26. The molecule has 2 unspecified atom stereocenters. The van der Waals surface area contributed by atoms with Crippen LogP contribution in [0.4, 0.5) is 0 Å². The minimum absolute atomic E-state index is 0.181. The summed E-state index contributed by atoms with van der Waals surface area (Å²) >= 11 is 0. The third-order valence-corrected chi connectivity index (χ3v) is 3.51. The van der Waals surface area contributed by atoms with E-state index in [0.29, 0.717) is 0 Å². The zero-order chi connectivity index (χ0) is 10.6. The molecule has 0 saturated carbocycles. The second kappa shape index (κ2) is 4.53. The van der Waals surface area contributed by atoms with Gasteiger partial charge in [0.25, 0.3) is 0 Å². The Hall–Kier alpha value is -0.930. The Balaban J connectivity index is 2.74. The van der Waals surface area contributed by atoms with E-state index in [1.807, 2.05) is 18.2 Å². The van der Waals surface area contributed by atoms with Crippen LogP contribution in [0.5, 0.6) is 0 Å². The summed E-state index contributed by atoms with van der Waals surface area (Å²) in [7, 11) is -1.17. The Morgan fingerprint density at radius 3 is 2.57 bits per heavy atom. The third kappa shape index (κ3) is 3.09. The van der Waals surface area contributed by atoms with Gasteiger partial charge in [-0.2, -0.15) is 0 Å². The number of rotatable bonds is 4. The first-order valence-electron chi connectivity index (χ1n) is 4.34. The van der Waals surface area contributed by atoms with Crippen molar-refractivity contribution >= 4 is 10.8 Å². The van der Waals surface area contributed by atoms with Gasteiger partial charge in [0, 0.05) is 4.90 Å². The summed E-state index contributed by atoms with van der Waals surface area (Å²) in [5, 5.41) is 9.64. The smallest absolute Gasteiger partial charge is 0.0915 e. The lowest BCUT2D eigenvalue weighted by Gasteiger charge is -2.17. The van der Waals surface area contributed by atoms with E-state index in [1.165, 1.54) is 6.08 Å². The zero-order valence-electron chi connectivity index (χ0n) is 8.14. The molecule has 0 spiro atoms. The molecule has 0 radical (unpaired) electrons. The van der Waals surface area contributed by atoms with E-state index < -0.39 is 16.4 Å². The van der Waals surface area contributed by atoms with Crippen LogP contribution in [0.2, 0.25) is 0 Å². The summed E-state index contributed by atoms with van der Waals surface area (Å²) < 4.78 is 11.7. The molecule has 0 amide bonds. The average molecular weight is 210 g/mol. The van der Waals surface area contributed by atoms with E-state index in [0.717, 1.165) is 4.90 Å². The van der Waals surface area contributed by atoms with Crippen LogP contribution in [0.3, 0.4) is 0 Å². The Kier molecular flexibility index (Phi) is 3.61. The Morgan fingerprint density at radius 2 is 2.07 bits per heavy atom.